The van der Waals surface area contributed by atoms with Crippen molar-refractivity contribution in [1.29, 1.82) is 0 Å². The number of anilines is 1. The van der Waals surface area contributed by atoms with Gasteiger partial charge in [0, 0.05) is 17.5 Å². The standard InChI is InChI=1S/C15H21N3O/c1-3-15(16,4-2)10-17-13-9-11-7-5-6-8-12(11)14(19)18-13/h5-9H,3-4,10,16H2,1-2H3,(H2,17,18,19). The molecule has 0 bridgehead atoms. The average Bonchev–Trinajstić information content (AvgIpc) is 2.45. The summed E-state index contributed by atoms with van der Waals surface area (Å²) >= 11 is 0. The Hall–Kier alpha value is -1.81. The lowest BCUT2D eigenvalue weighted by Gasteiger charge is -2.27. The van der Waals surface area contributed by atoms with Gasteiger partial charge in [-0.3, -0.25) is 4.79 Å². The summed E-state index contributed by atoms with van der Waals surface area (Å²) in [7, 11) is 0. The van der Waals surface area contributed by atoms with Crippen LogP contribution in [0.3, 0.4) is 0 Å². The van der Waals surface area contributed by atoms with E-state index in [2.05, 4.69) is 24.1 Å². The van der Waals surface area contributed by atoms with Crippen molar-refractivity contribution in [2.75, 3.05) is 11.9 Å². The maximum atomic E-state index is 11.9. The fourth-order valence-corrected chi connectivity index (χ4v) is 2.08. The first-order chi connectivity index (χ1) is 9.08. The second-order valence-electron chi connectivity index (χ2n) is 5.02. The second kappa shape index (κ2) is 5.45. The number of benzene rings is 1. The van der Waals surface area contributed by atoms with Gasteiger partial charge >= 0.3 is 0 Å². The van der Waals surface area contributed by atoms with E-state index in [1.165, 1.54) is 0 Å². The van der Waals surface area contributed by atoms with Gasteiger partial charge in [-0.2, -0.15) is 0 Å². The number of nitrogens with two attached hydrogens (primary N) is 1. The Labute approximate surface area is 113 Å². The van der Waals surface area contributed by atoms with E-state index in [4.69, 9.17) is 5.73 Å². The van der Waals surface area contributed by atoms with Gasteiger partial charge in [0.2, 0.25) is 0 Å². The Morgan fingerprint density at radius 3 is 2.63 bits per heavy atom. The molecule has 0 unspecified atom stereocenters. The molecule has 4 N–H and O–H groups in total. The molecule has 0 aliphatic heterocycles. The highest BCUT2D eigenvalue weighted by atomic mass is 16.1. The lowest BCUT2D eigenvalue weighted by atomic mass is 9.94. The summed E-state index contributed by atoms with van der Waals surface area (Å²) in [5, 5.41) is 4.88. The quantitative estimate of drug-likeness (QED) is 0.772. The lowest BCUT2D eigenvalue weighted by Crippen LogP contribution is -2.45. The number of hydrogen-bond donors (Lipinski definition) is 3. The van der Waals surface area contributed by atoms with E-state index in [9.17, 15) is 4.79 Å². The van der Waals surface area contributed by atoms with Crippen molar-refractivity contribution in [3.63, 3.8) is 0 Å². The van der Waals surface area contributed by atoms with Crippen molar-refractivity contribution < 1.29 is 0 Å². The van der Waals surface area contributed by atoms with E-state index in [1.807, 2.05) is 30.3 Å². The first-order valence-electron chi connectivity index (χ1n) is 6.73. The third-order valence-corrected chi connectivity index (χ3v) is 3.79. The normalized spacial score (nSPS) is 11.7. The number of fused-ring (bicyclic) bond motifs is 1. The summed E-state index contributed by atoms with van der Waals surface area (Å²) in [6.07, 6.45) is 1.79. The molecule has 1 aromatic carbocycles. The molecule has 2 aromatic rings. The minimum atomic E-state index is -0.234. The van der Waals surface area contributed by atoms with Crippen molar-refractivity contribution in [3.8, 4) is 0 Å². The van der Waals surface area contributed by atoms with Crippen LogP contribution in [-0.4, -0.2) is 17.1 Å². The van der Waals surface area contributed by atoms with Gasteiger partial charge in [-0.1, -0.05) is 32.0 Å². The molecule has 0 aliphatic carbocycles. The molecule has 4 nitrogen and oxygen atoms in total. The van der Waals surface area contributed by atoms with Crippen molar-refractivity contribution in [1.82, 2.24) is 4.98 Å². The summed E-state index contributed by atoms with van der Waals surface area (Å²) in [4.78, 5) is 14.8. The van der Waals surface area contributed by atoms with Crippen molar-refractivity contribution in [2.24, 2.45) is 5.73 Å². The van der Waals surface area contributed by atoms with Gasteiger partial charge in [-0.05, 0) is 30.4 Å². The first-order valence-corrected chi connectivity index (χ1v) is 6.73. The first kappa shape index (κ1) is 13.6. The molecule has 19 heavy (non-hydrogen) atoms. The van der Waals surface area contributed by atoms with Gasteiger partial charge in [0.25, 0.3) is 5.56 Å². The SMILES string of the molecule is CCC(N)(CC)CNc1cc2ccccc2c(=O)[nH]1. The van der Waals surface area contributed by atoms with Crippen molar-refractivity contribution >= 4 is 16.6 Å². The maximum absolute atomic E-state index is 11.9. The van der Waals surface area contributed by atoms with Gasteiger partial charge in [-0.15, -0.1) is 0 Å². The maximum Gasteiger partial charge on any atom is 0.257 e. The number of hydrogen-bond acceptors (Lipinski definition) is 3. The van der Waals surface area contributed by atoms with E-state index in [0.29, 0.717) is 11.9 Å². The Morgan fingerprint density at radius 2 is 1.95 bits per heavy atom. The smallest absolute Gasteiger partial charge is 0.257 e. The summed E-state index contributed by atoms with van der Waals surface area (Å²) in [6, 6.07) is 9.50. The summed E-state index contributed by atoms with van der Waals surface area (Å²) < 4.78 is 0. The lowest BCUT2D eigenvalue weighted by molar-refractivity contribution is 0.418. The molecular formula is C15H21N3O. The van der Waals surface area contributed by atoms with Gasteiger partial charge in [0.1, 0.15) is 5.82 Å². The zero-order valence-corrected chi connectivity index (χ0v) is 11.5. The Balaban J connectivity index is 2.25. The fourth-order valence-electron chi connectivity index (χ4n) is 2.08. The van der Waals surface area contributed by atoms with Crippen molar-refractivity contribution in [2.45, 2.75) is 32.2 Å². The molecule has 0 saturated carbocycles. The molecule has 1 aromatic heterocycles. The predicted octanol–water partition coefficient (Wildman–Crippen LogP) is 2.46. The van der Waals surface area contributed by atoms with E-state index in [0.717, 1.165) is 24.0 Å². The monoisotopic (exact) mass is 259 g/mol. The minimum absolute atomic E-state index is 0.0729. The summed E-state index contributed by atoms with van der Waals surface area (Å²) in [6.45, 7) is 4.80. The molecule has 2 rings (SSSR count). The van der Waals surface area contributed by atoms with Gasteiger partial charge in [0.15, 0.2) is 0 Å². The molecule has 1 heterocycles. The molecule has 0 amide bonds. The van der Waals surface area contributed by atoms with E-state index >= 15 is 0 Å². The van der Waals surface area contributed by atoms with Crippen LogP contribution in [0.15, 0.2) is 35.1 Å². The molecule has 4 heteroatoms. The van der Waals surface area contributed by atoms with Crippen LogP contribution in [0.2, 0.25) is 0 Å². The zero-order chi connectivity index (χ0) is 13.9. The summed E-state index contributed by atoms with van der Waals surface area (Å²) in [5.74, 6) is 0.723. The zero-order valence-electron chi connectivity index (χ0n) is 11.5. The van der Waals surface area contributed by atoms with Crippen LogP contribution in [0.5, 0.6) is 0 Å². The molecule has 0 radical (unpaired) electrons. The molecule has 0 atom stereocenters. The average molecular weight is 259 g/mol. The highest BCUT2D eigenvalue weighted by Gasteiger charge is 2.19. The third kappa shape index (κ3) is 2.96. The third-order valence-electron chi connectivity index (χ3n) is 3.79. The molecule has 102 valence electrons. The largest absolute Gasteiger partial charge is 0.370 e. The highest BCUT2D eigenvalue weighted by molar-refractivity contribution is 5.83. The van der Waals surface area contributed by atoms with Crippen molar-refractivity contribution in [3.05, 3.63) is 40.7 Å². The van der Waals surface area contributed by atoms with E-state index in [-0.39, 0.29) is 11.1 Å². The number of H-pyrrole nitrogens is 1. The Kier molecular flexibility index (Phi) is 3.90. The topological polar surface area (TPSA) is 70.9 Å². The van der Waals surface area contributed by atoms with Crippen LogP contribution >= 0.6 is 0 Å². The Bertz CT molecular complexity index is 614. The van der Waals surface area contributed by atoms with Crippen LogP contribution in [0, 0.1) is 0 Å². The van der Waals surface area contributed by atoms with Crippen LogP contribution in [0.25, 0.3) is 10.8 Å². The van der Waals surface area contributed by atoms with Crippen LogP contribution in [0.1, 0.15) is 26.7 Å². The van der Waals surface area contributed by atoms with Gasteiger partial charge < -0.3 is 16.0 Å². The highest BCUT2D eigenvalue weighted by Crippen LogP contribution is 2.15. The van der Waals surface area contributed by atoms with E-state index in [1.54, 1.807) is 0 Å². The number of rotatable bonds is 5. The number of pyridine rings is 1. The molecule has 0 saturated heterocycles. The van der Waals surface area contributed by atoms with Gasteiger partial charge in [-0.25, -0.2) is 0 Å². The van der Waals surface area contributed by atoms with Gasteiger partial charge in [0.05, 0.1) is 0 Å². The Morgan fingerprint density at radius 1 is 1.26 bits per heavy atom. The minimum Gasteiger partial charge on any atom is -0.370 e. The molecule has 0 aliphatic rings. The molecule has 0 fully saturated rings. The molecule has 0 spiro atoms. The van der Waals surface area contributed by atoms with E-state index < -0.39 is 0 Å². The van der Waals surface area contributed by atoms with Crippen LogP contribution in [-0.2, 0) is 0 Å². The fraction of sp³-hybridized carbons (Fsp3) is 0.400. The number of aromatic nitrogens is 1. The van der Waals surface area contributed by atoms with Crippen LogP contribution < -0.4 is 16.6 Å². The number of nitrogens with one attached hydrogen (secondary N) is 2. The summed E-state index contributed by atoms with van der Waals surface area (Å²) in [5.41, 5.74) is 5.93. The molecular weight excluding hydrogens is 238 g/mol. The number of aromatic amines is 1. The predicted molar refractivity (Wildman–Crippen MR) is 80.6 cm³/mol. The van der Waals surface area contributed by atoms with Crippen LogP contribution in [0.4, 0.5) is 5.82 Å². The second-order valence-corrected chi connectivity index (χ2v) is 5.02.